The van der Waals surface area contributed by atoms with Crippen molar-refractivity contribution < 1.29 is 14.3 Å². The molecular weight excluding hydrogens is 320 g/mol. The van der Waals surface area contributed by atoms with E-state index < -0.39 is 0 Å². The number of hydrogen-bond donors (Lipinski definition) is 2. The van der Waals surface area contributed by atoms with Gasteiger partial charge in [-0.2, -0.15) is 0 Å². The summed E-state index contributed by atoms with van der Waals surface area (Å²) in [4.78, 5) is 26.9. The van der Waals surface area contributed by atoms with E-state index in [2.05, 4.69) is 10.3 Å². The quantitative estimate of drug-likeness (QED) is 0.683. The van der Waals surface area contributed by atoms with Gasteiger partial charge in [-0.1, -0.05) is 19.1 Å². The number of unbranched alkanes of at least 4 members (excludes halogenated alkanes) is 1. The van der Waals surface area contributed by atoms with E-state index in [0.29, 0.717) is 37.3 Å². The molecule has 0 spiro atoms. The molecule has 2 rings (SSSR count). The minimum Gasteiger partial charge on any atom is -0.450 e. The van der Waals surface area contributed by atoms with Gasteiger partial charge in [0.1, 0.15) is 0 Å². The third-order valence-corrected chi connectivity index (χ3v) is 3.93. The molecule has 1 amide bonds. The first kappa shape index (κ1) is 19.0. The summed E-state index contributed by atoms with van der Waals surface area (Å²) in [7, 11) is 0. The summed E-state index contributed by atoms with van der Waals surface area (Å²) >= 11 is 0. The van der Waals surface area contributed by atoms with Crippen LogP contribution in [-0.4, -0.2) is 30.8 Å². The zero-order valence-electron chi connectivity index (χ0n) is 14.9. The van der Waals surface area contributed by atoms with Crippen molar-refractivity contribution in [2.24, 2.45) is 0 Å². The van der Waals surface area contributed by atoms with Crippen molar-refractivity contribution in [2.45, 2.75) is 39.7 Å². The molecule has 0 saturated carbocycles. The number of para-hydroxylation sites is 1. The largest absolute Gasteiger partial charge is 0.450 e. The molecule has 0 aliphatic heterocycles. The number of benzene rings is 1. The summed E-state index contributed by atoms with van der Waals surface area (Å²) in [5.74, 6) is 0. The van der Waals surface area contributed by atoms with Crippen LogP contribution in [0.4, 0.5) is 4.79 Å². The number of fused-ring (bicyclic) bond motifs is 1. The molecule has 25 heavy (non-hydrogen) atoms. The highest BCUT2D eigenvalue weighted by Crippen LogP contribution is 2.11. The molecule has 6 heteroatoms. The topological polar surface area (TPSA) is 80.4 Å². The molecule has 2 aromatic rings. The fraction of sp³-hybridized carbons (Fsp3) is 0.474. The highest BCUT2D eigenvalue weighted by atomic mass is 16.5. The Balaban J connectivity index is 1.72. The van der Waals surface area contributed by atoms with E-state index in [1.54, 1.807) is 0 Å². The zero-order chi connectivity index (χ0) is 18.1. The van der Waals surface area contributed by atoms with Gasteiger partial charge in [0, 0.05) is 35.3 Å². The third kappa shape index (κ3) is 5.60. The van der Waals surface area contributed by atoms with Gasteiger partial charge >= 0.3 is 6.09 Å². The number of aromatic nitrogens is 1. The summed E-state index contributed by atoms with van der Waals surface area (Å²) in [5.41, 5.74) is 2.36. The molecule has 0 saturated heterocycles. The van der Waals surface area contributed by atoms with Crippen LogP contribution in [0.3, 0.4) is 0 Å². The summed E-state index contributed by atoms with van der Waals surface area (Å²) in [6, 6.07) is 7.47. The first-order valence-corrected chi connectivity index (χ1v) is 8.72. The lowest BCUT2D eigenvalue weighted by atomic mass is 10.1. The number of alkyl carbamates (subject to hydrolysis) is 1. The van der Waals surface area contributed by atoms with E-state index in [0.717, 1.165) is 30.5 Å². The van der Waals surface area contributed by atoms with Gasteiger partial charge in [-0.3, -0.25) is 4.79 Å². The molecule has 0 radical (unpaired) electrons. The molecule has 0 atom stereocenters. The lowest BCUT2D eigenvalue weighted by molar-refractivity contribution is 0.104. The van der Waals surface area contributed by atoms with Gasteiger partial charge in [-0.15, -0.1) is 0 Å². The summed E-state index contributed by atoms with van der Waals surface area (Å²) in [6.45, 7) is 5.73. The van der Waals surface area contributed by atoms with Gasteiger partial charge in [-0.25, -0.2) is 4.79 Å². The average Bonchev–Trinajstić information content (AvgIpc) is 2.63. The summed E-state index contributed by atoms with van der Waals surface area (Å²) < 4.78 is 10.7. The van der Waals surface area contributed by atoms with Crippen LogP contribution >= 0.6 is 0 Å². The summed E-state index contributed by atoms with van der Waals surface area (Å²) in [5, 5.41) is 3.35. The Kier molecular flexibility index (Phi) is 7.47. The number of H-pyrrole nitrogens is 1. The molecule has 1 aromatic carbocycles. The second kappa shape index (κ2) is 9.84. The smallest absolute Gasteiger partial charge is 0.407 e. The standard InChI is InChI=1S/C19H26N2O4/c1-3-10-20-19(23)25-12-7-6-11-24-13-17-14(2)18(22)15-8-4-5-9-16(15)21-17/h4-5,8-9H,3,6-7,10-13H2,1-2H3,(H,20,23)(H,21,22). The fourth-order valence-electron chi connectivity index (χ4n) is 2.45. The Morgan fingerprint density at radius 2 is 1.96 bits per heavy atom. The number of pyridine rings is 1. The van der Waals surface area contributed by atoms with E-state index in [9.17, 15) is 9.59 Å². The third-order valence-electron chi connectivity index (χ3n) is 3.93. The number of nitrogens with one attached hydrogen (secondary N) is 2. The number of hydrogen-bond acceptors (Lipinski definition) is 4. The monoisotopic (exact) mass is 346 g/mol. The van der Waals surface area contributed by atoms with Crippen LogP contribution in [0.25, 0.3) is 10.9 Å². The Morgan fingerprint density at radius 1 is 1.20 bits per heavy atom. The van der Waals surface area contributed by atoms with Crippen molar-refractivity contribution in [2.75, 3.05) is 19.8 Å². The van der Waals surface area contributed by atoms with Crippen LogP contribution in [0.5, 0.6) is 0 Å². The molecule has 6 nitrogen and oxygen atoms in total. The molecular formula is C19H26N2O4. The molecule has 0 unspecified atom stereocenters. The Hall–Kier alpha value is -2.34. The molecule has 0 bridgehead atoms. The molecule has 2 N–H and O–H groups in total. The number of amides is 1. The van der Waals surface area contributed by atoms with Crippen LogP contribution in [0, 0.1) is 6.92 Å². The first-order chi connectivity index (χ1) is 12.1. The molecule has 0 fully saturated rings. The second-order valence-corrected chi connectivity index (χ2v) is 5.93. The molecule has 136 valence electrons. The maximum absolute atomic E-state index is 12.3. The van der Waals surface area contributed by atoms with Gasteiger partial charge in [0.15, 0.2) is 5.43 Å². The molecule has 0 aliphatic rings. The maximum atomic E-state index is 12.3. The number of carbonyl (C=O) groups is 1. The van der Waals surface area contributed by atoms with Crippen LogP contribution in [0.1, 0.15) is 37.4 Å². The zero-order valence-corrected chi connectivity index (χ0v) is 14.9. The maximum Gasteiger partial charge on any atom is 0.407 e. The highest BCUT2D eigenvalue weighted by Gasteiger charge is 2.08. The first-order valence-electron chi connectivity index (χ1n) is 8.72. The van der Waals surface area contributed by atoms with Gasteiger partial charge in [0.2, 0.25) is 0 Å². The van der Waals surface area contributed by atoms with Gasteiger partial charge in [-0.05, 0) is 38.3 Å². The van der Waals surface area contributed by atoms with E-state index in [-0.39, 0.29) is 11.5 Å². The SMILES string of the molecule is CCCNC(=O)OCCCCOCc1[nH]c2ccccc2c(=O)c1C. The van der Waals surface area contributed by atoms with Crippen molar-refractivity contribution in [3.63, 3.8) is 0 Å². The van der Waals surface area contributed by atoms with Crippen LogP contribution in [0.15, 0.2) is 29.1 Å². The Labute approximate surface area is 147 Å². The summed E-state index contributed by atoms with van der Waals surface area (Å²) in [6.07, 6.45) is 2.05. The molecule has 0 aliphatic carbocycles. The normalized spacial score (nSPS) is 10.8. The minimum atomic E-state index is -0.368. The van der Waals surface area contributed by atoms with Crippen molar-refractivity contribution in [1.29, 1.82) is 0 Å². The minimum absolute atomic E-state index is 0.0411. The number of carbonyl (C=O) groups excluding carboxylic acids is 1. The van der Waals surface area contributed by atoms with E-state index >= 15 is 0 Å². The Bertz CT molecular complexity index is 755. The van der Waals surface area contributed by atoms with Crippen LogP contribution < -0.4 is 10.7 Å². The predicted octanol–water partition coefficient (Wildman–Crippen LogP) is 3.27. The van der Waals surface area contributed by atoms with Crippen molar-refractivity contribution >= 4 is 17.0 Å². The predicted molar refractivity (Wildman–Crippen MR) is 97.8 cm³/mol. The number of ether oxygens (including phenoxy) is 2. The van der Waals surface area contributed by atoms with E-state index in [1.807, 2.05) is 38.1 Å². The van der Waals surface area contributed by atoms with Gasteiger partial charge < -0.3 is 19.8 Å². The number of rotatable bonds is 9. The van der Waals surface area contributed by atoms with Crippen molar-refractivity contribution in [3.05, 3.63) is 45.7 Å². The Morgan fingerprint density at radius 3 is 2.76 bits per heavy atom. The number of aromatic amines is 1. The van der Waals surface area contributed by atoms with E-state index in [4.69, 9.17) is 9.47 Å². The lowest BCUT2D eigenvalue weighted by Crippen LogP contribution is -2.25. The highest BCUT2D eigenvalue weighted by molar-refractivity contribution is 5.79. The fourth-order valence-corrected chi connectivity index (χ4v) is 2.45. The lowest BCUT2D eigenvalue weighted by Gasteiger charge is -2.09. The van der Waals surface area contributed by atoms with Crippen LogP contribution in [-0.2, 0) is 16.1 Å². The molecule has 1 heterocycles. The van der Waals surface area contributed by atoms with Gasteiger partial charge in [0.25, 0.3) is 0 Å². The molecule has 1 aromatic heterocycles. The van der Waals surface area contributed by atoms with Crippen molar-refractivity contribution in [1.82, 2.24) is 10.3 Å². The average molecular weight is 346 g/mol. The van der Waals surface area contributed by atoms with Crippen LogP contribution in [0.2, 0.25) is 0 Å². The van der Waals surface area contributed by atoms with E-state index in [1.165, 1.54) is 0 Å². The van der Waals surface area contributed by atoms with Gasteiger partial charge in [0.05, 0.1) is 13.2 Å². The van der Waals surface area contributed by atoms with Crippen molar-refractivity contribution in [3.8, 4) is 0 Å². The second-order valence-electron chi connectivity index (χ2n) is 5.93.